The van der Waals surface area contributed by atoms with E-state index in [9.17, 15) is 9.59 Å². The van der Waals surface area contributed by atoms with Crippen molar-refractivity contribution in [1.82, 2.24) is 5.32 Å². The minimum absolute atomic E-state index is 0.170. The highest BCUT2D eigenvalue weighted by Gasteiger charge is 2.22. The van der Waals surface area contributed by atoms with Crippen molar-refractivity contribution in [2.24, 2.45) is 5.92 Å². The van der Waals surface area contributed by atoms with E-state index in [0.717, 1.165) is 37.2 Å². The Kier molecular flexibility index (Phi) is 7.70. The number of rotatable bonds is 6. The molecule has 0 saturated carbocycles. The Hall–Kier alpha value is -3.51. The monoisotopic (exact) mass is 476 g/mol. The number of nitrogens with zero attached hydrogens (tertiary/aromatic N) is 1. The second-order valence-electron chi connectivity index (χ2n) is 8.66. The molecule has 1 heterocycles. The molecule has 3 aromatic carbocycles. The summed E-state index contributed by atoms with van der Waals surface area (Å²) in [5.41, 5.74) is 3.59. The van der Waals surface area contributed by atoms with E-state index in [-0.39, 0.29) is 5.91 Å². The summed E-state index contributed by atoms with van der Waals surface area (Å²) in [5, 5.41) is 9.15. The van der Waals surface area contributed by atoms with Crippen molar-refractivity contribution in [3.8, 4) is 0 Å². The summed E-state index contributed by atoms with van der Waals surface area (Å²) >= 11 is 6.00. The molecule has 3 aromatic rings. The predicted octanol–water partition coefficient (Wildman–Crippen LogP) is 6.15. The van der Waals surface area contributed by atoms with Crippen LogP contribution in [0, 0.1) is 5.92 Å². The van der Waals surface area contributed by atoms with Crippen LogP contribution in [0.25, 0.3) is 0 Å². The number of hydrogen-bond donors (Lipinski definition) is 3. The lowest BCUT2D eigenvalue weighted by Crippen LogP contribution is -2.35. The van der Waals surface area contributed by atoms with Crippen molar-refractivity contribution in [2.75, 3.05) is 28.6 Å². The normalized spacial score (nSPS) is 13.9. The van der Waals surface area contributed by atoms with E-state index in [1.807, 2.05) is 42.5 Å². The van der Waals surface area contributed by atoms with Gasteiger partial charge >= 0.3 is 6.03 Å². The second-order valence-corrected chi connectivity index (χ2v) is 9.10. The smallest absolute Gasteiger partial charge is 0.323 e. The van der Waals surface area contributed by atoms with E-state index in [0.29, 0.717) is 34.4 Å². The first-order valence-corrected chi connectivity index (χ1v) is 11.9. The number of piperidine rings is 1. The molecule has 1 aliphatic rings. The third kappa shape index (κ3) is 6.29. The van der Waals surface area contributed by atoms with E-state index in [1.165, 1.54) is 0 Å². The highest BCUT2D eigenvalue weighted by atomic mass is 35.5. The molecule has 6 nitrogen and oxygen atoms in total. The lowest BCUT2D eigenvalue weighted by molar-refractivity contribution is 0.0951. The van der Waals surface area contributed by atoms with Crippen LogP contribution in [0.15, 0.2) is 72.8 Å². The van der Waals surface area contributed by atoms with Crippen LogP contribution in [0.2, 0.25) is 5.02 Å². The number of hydrogen-bond acceptors (Lipinski definition) is 3. The maximum Gasteiger partial charge on any atom is 0.323 e. The van der Waals surface area contributed by atoms with Gasteiger partial charge in [-0.3, -0.25) is 4.79 Å². The zero-order valence-corrected chi connectivity index (χ0v) is 19.9. The largest absolute Gasteiger partial charge is 0.371 e. The van der Waals surface area contributed by atoms with Gasteiger partial charge in [0.25, 0.3) is 5.91 Å². The molecule has 1 saturated heterocycles. The van der Waals surface area contributed by atoms with Crippen LogP contribution >= 0.6 is 11.6 Å². The number of anilines is 3. The van der Waals surface area contributed by atoms with Gasteiger partial charge in [-0.1, -0.05) is 54.9 Å². The Morgan fingerprint density at radius 3 is 2.32 bits per heavy atom. The summed E-state index contributed by atoms with van der Waals surface area (Å²) in [6.45, 7) is 4.50. The Morgan fingerprint density at radius 2 is 1.62 bits per heavy atom. The number of urea groups is 1. The van der Waals surface area contributed by atoms with Crippen molar-refractivity contribution in [3.63, 3.8) is 0 Å². The molecule has 0 spiro atoms. The van der Waals surface area contributed by atoms with Gasteiger partial charge in [-0.25, -0.2) is 4.79 Å². The lowest BCUT2D eigenvalue weighted by atomic mass is 9.97. The summed E-state index contributed by atoms with van der Waals surface area (Å²) in [5.74, 6) is 0.513. The van der Waals surface area contributed by atoms with Crippen LogP contribution in [0.5, 0.6) is 0 Å². The van der Waals surface area contributed by atoms with Gasteiger partial charge < -0.3 is 20.9 Å². The molecule has 1 aliphatic heterocycles. The minimum atomic E-state index is -0.405. The molecule has 1 fully saturated rings. The molecular weight excluding hydrogens is 448 g/mol. The van der Waals surface area contributed by atoms with Crippen LogP contribution in [0.4, 0.5) is 21.9 Å². The van der Waals surface area contributed by atoms with Crippen LogP contribution in [-0.4, -0.2) is 25.0 Å². The summed E-state index contributed by atoms with van der Waals surface area (Å²) in [4.78, 5) is 28.0. The number of carbonyl (C=O) groups excluding carboxylic acids is 2. The van der Waals surface area contributed by atoms with Gasteiger partial charge in [0, 0.05) is 41.7 Å². The first-order chi connectivity index (χ1) is 16.5. The van der Waals surface area contributed by atoms with Crippen molar-refractivity contribution < 1.29 is 9.59 Å². The number of benzene rings is 3. The van der Waals surface area contributed by atoms with Gasteiger partial charge in [-0.15, -0.1) is 0 Å². The molecule has 34 heavy (non-hydrogen) atoms. The third-order valence-electron chi connectivity index (χ3n) is 6.00. The van der Waals surface area contributed by atoms with Gasteiger partial charge in [-0.05, 0) is 60.7 Å². The van der Waals surface area contributed by atoms with Gasteiger partial charge in [0.2, 0.25) is 0 Å². The van der Waals surface area contributed by atoms with Gasteiger partial charge in [-0.2, -0.15) is 0 Å². The molecule has 4 rings (SSSR count). The zero-order valence-electron chi connectivity index (χ0n) is 19.2. The highest BCUT2D eigenvalue weighted by Crippen LogP contribution is 2.29. The zero-order chi connectivity index (χ0) is 23.9. The van der Waals surface area contributed by atoms with Crippen molar-refractivity contribution in [2.45, 2.75) is 26.3 Å². The van der Waals surface area contributed by atoms with E-state index in [2.05, 4.69) is 27.8 Å². The molecule has 0 aromatic heterocycles. The van der Waals surface area contributed by atoms with Crippen molar-refractivity contribution in [3.05, 3.63) is 88.9 Å². The fourth-order valence-electron chi connectivity index (χ4n) is 4.05. The lowest BCUT2D eigenvalue weighted by Gasteiger charge is -2.33. The van der Waals surface area contributed by atoms with Crippen LogP contribution in [0.1, 0.15) is 35.7 Å². The van der Waals surface area contributed by atoms with Crippen LogP contribution in [-0.2, 0) is 6.54 Å². The van der Waals surface area contributed by atoms with Crippen LogP contribution in [0.3, 0.4) is 0 Å². The maximum atomic E-state index is 13.2. The van der Waals surface area contributed by atoms with Crippen LogP contribution < -0.4 is 20.9 Å². The predicted molar refractivity (Wildman–Crippen MR) is 139 cm³/mol. The highest BCUT2D eigenvalue weighted by molar-refractivity contribution is 6.30. The minimum Gasteiger partial charge on any atom is -0.371 e. The summed E-state index contributed by atoms with van der Waals surface area (Å²) < 4.78 is 0. The standard InChI is InChI=1S/C27H29ClN4O2/c1-19-12-14-32(15-13-19)25-11-10-23(31-27(34)30-22-9-5-8-21(28)16-22)17-24(25)26(33)29-18-20-6-3-2-4-7-20/h2-11,16-17,19H,12-15,18H2,1H3,(H,29,33)(H2,30,31,34). The molecular formula is C27H29ClN4O2. The number of carbonyl (C=O) groups is 2. The number of amides is 3. The van der Waals surface area contributed by atoms with E-state index in [4.69, 9.17) is 11.6 Å². The second kappa shape index (κ2) is 11.1. The summed E-state index contributed by atoms with van der Waals surface area (Å²) in [7, 11) is 0. The molecule has 0 aliphatic carbocycles. The SMILES string of the molecule is CC1CCN(c2ccc(NC(=O)Nc3cccc(Cl)c3)cc2C(=O)NCc2ccccc2)CC1. The van der Waals surface area contributed by atoms with Crippen molar-refractivity contribution >= 4 is 40.6 Å². The molecule has 3 N–H and O–H groups in total. The topological polar surface area (TPSA) is 73.5 Å². The summed E-state index contributed by atoms with van der Waals surface area (Å²) in [6, 6.07) is 21.8. The maximum absolute atomic E-state index is 13.2. The Morgan fingerprint density at radius 1 is 0.912 bits per heavy atom. The number of nitrogens with one attached hydrogen (secondary N) is 3. The average molecular weight is 477 g/mol. The van der Waals surface area contributed by atoms with Crippen molar-refractivity contribution in [1.29, 1.82) is 0 Å². The Balaban J connectivity index is 1.52. The molecule has 0 radical (unpaired) electrons. The van der Waals surface area contributed by atoms with Gasteiger partial charge in [0.15, 0.2) is 0 Å². The average Bonchev–Trinajstić information content (AvgIpc) is 2.84. The molecule has 0 atom stereocenters. The quantitative estimate of drug-likeness (QED) is 0.399. The third-order valence-corrected chi connectivity index (χ3v) is 6.24. The molecule has 176 valence electrons. The fourth-order valence-corrected chi connectivity index (χ4v) is 4.24. The fraction of sp³-hybridized carbons (Fsp3) is 0.259. The van der Waals surface area contributed by atoms with E-state index >= 15 is 0 Å². The Labute approximate surface area is 205 Å². The van der Waals surface area contributed by atoms with E-state index < -0.39 is 6.03 Å². The molecule has 3 amide bonds. The molecule has 7 heteroatoms. The first kappa shape index (κ1) is 23.6. The number of halogens is 1. The van der Waals surface area contributed by atoms with Gasteiger partial charge in [0.1, 0.15) is 0 Å². The summed E-state index contributed by atoms with van der Waals surface area (Å²) in [6.07, 6.45) is 2.18. The van der Waals surface area contributed by atoms with E-state index in [1.54, 1.807) is 30.3 Å². The Bertz CT molecular complexity index is 1140. The molecule has 0 bridgehead atoms. The van der Waals surface area contributed by atoms with Gasteiger partial charge in [0.05, 0.1) is 5.56 Å². The first-order valence-electron chi connectivity index (χ1n) is 11.5. The molecule has 0 unspecified atom stereocenters.